The first kappa shape index (κ1) is 13.7. The molecule has 0 saturated heterocycles. The molecular weight excluding hydrogens is 231 g/mol. The van der Waals surface area contributed by atoms with Crippen molar-refractivity contribution in [1.29, 1.82) is 0 Å². The molecule has 0 N–H and O–H groups in total. The Labute approximate surface area is 97.9 Å². The first-order valence-electron chi connectivity index (χ1n) is 5.51. The summed E-state index contributed by atoms with van der Waals surface area (Å²) < 4.78 is 36.7. The maximum absolute atomic E-state index is 12.2. The SMILES string of the molecule is CCCCCC(=O)c1ccc(C(F)(F)F)cn1. The summed E-state index contributed by atoms with van der Waals surface area (Å²) in [6.45, 7) is 2.01. The van der Waals surface area contributed by atoms with E-state index in [2.05, 4.69) is 4.98 Å². The summed E-state index contributed by atoms with van der Waals surface area (Å²) in [4.78, 5) is 15.1. The molecule has 0 bridgehead atoms. The highest BCUT2D eigenvalue weighted by Gasteiger charge is 2.30. The second-order valence-electron chi connectivity index (χ2n) is 3.81. The van der Waals surface area contributed by atoms with Crippen molar-refractivity contribution >= 4 is 5.78 Å². The summed E-state index contributed by atoms with van der Waals surface area (Å²) in [6, 6.07) is 2.02. The van der Waals surface area contributed by atoms with Crippen molar-refractivity contribution in [3.8, 4) is 0 Å². The second-order valence-corrected chi connectivity index (χ2v) is 3.81. The summed E-state index contributed by atoms with van der Waals surface area (Å²) >= 11 is 0. The summed E-state index contributed by atoms with van der Waals surface area (Å²) in [5, 5.41) is 0. The first-order chi connectivity index (χ1) is 7.95. The third-order valence-corrected chi connectivity index (χ3v) is 2.38. The number of carbonyl (C=O) groups excluding carboxylic acids is 1. The first-order valence-corrected chi connectivity index (χ1v) is 5.51. The molecule has 0 saturated carbocycles. The molecule has 2 nitrogen and oxygen atoms in total. The Kier molecular flexibility index (Phi) is 4.66. The van der Waals surface area contributed by atoms with Crippen LogP contribution in [0.4, 0.5) is 13.2 Å². The summed E-state index contributed by atoms with van der Waals surface area (Å²) in [7, 11) is 0. The van der Waals surface area contributed by atoms with Gasteiger partial charge in [0.25, 0.3) is 0 Å². The second kappa shape index (κ2) is 5.80. The van der Waals surface area contributed by atoms with Gasteiger partial charge in [-0.25, -0.2) is 0 Å². The van der Waals surface area contributed by atoms with Crippen molar-refractivity contribution < 1.29 is 18.0 Å². The molecule has 0 radical (unpaired) electrons. The molecule has 94 valence electrons. The number of ketones is 1. The zero-order chi connectivity index (χ0) is 12.9. The van der Waals surface area contributed by atoms with Gasteiger partial charge in [0, 0.05) is 12.6 Å². The van der Waals surface area contributed by atoms with Crippen molar-refractivity contribution in [2.45, 2.75) is 38.8 Å². The van der Waals surface area contributed by atoms with Gasteiger partial charge in [0.1, 0.15) is 5.69 Å². The molecule has 1 aromatic rings. The Bertz CT molecular complexity index is 370. The smallest absolute Gasteiger partial charge is 0.292 e. The highest BCUT2D eigenvalue weighted by atomic mass is 19.4. The molecule has 5 heteroatoms. The molecule has 0 aromatic carbocycles. The van der Waals surface area contributed by atoms with Crippen LogP contribution in [-0.4, -0.2) is 10.8 Å². The van der Waals surface area contributed by atoms with Gasteiger partial charge in [-0.15, -0.1) is 0 Å². The summed E-state index contributed by atoms with van der Waals surface area (Å²) in [5.41, 5.74) is -0.725. The molecule has 1 aromatic heterocycles. The zero-order valence-electron chi connectivity index (χ0n) is 9.55. The molecule has 0 atom stereocenters. The molecule has 1 rings (SSSR count). The van der Waals surface area contributed by atoms with E-state index in [0.29, 0.717) is 12.6 Å². The Morgan fingerprint density at radius 1 is 1.29 bits per heavy atom. The van der Waals surface area contributed by atoms with Gasteiger partial charge in [0.15, 0.2) is 5.78 Å². The van der Waals surface area contributed by atoms with Gasteiger partial charge in [-0.1, -0.05) is 19.8 Å². The van der Waals surface area contributed by atoms with Crippen molar-refractivity contribution in [3.05, 3.63) is 29.6 Å². The van der Waals surface area contributed by atoms with E-state index in [9.17, 15) is 18.0 Å². The van der Waals surface area contributed by atoms with E-state index >= 15 is 0 Å². The van der Waals surface area contributed by atoms with Crippen LogP contribution in [0.25, 0.3) is 0 Å². The van der Waals surface area contributed by atoms with Crippen molar-refractivity contribution in [2.75, 3.05) is 0 Å². The lowest BCUT2D eigenvalue weighted by Crippen LogP contribution is -2.08. The van der Waals surface area contributed by atoms with Crippen LogP contribution in [0.1, 0.15) is 48.7 Å². The summed E-state index contributed by atoms with van der Waals surface area (Å²) in [6.07, 6.45) is -0.686. The number of pyridine rings is 1. The number of rotatable bonds is 5. The minimum atomic E-state index is -4.41. The average Bonchev–Trinajstić information content (AvgIpc) is 2.28. The maximum atomic E-state index is 12.2. The number of unbranched alkanes of at least 4 members (excludes halogenated alkanes) is 2. The van der Waals surface area contributed by atoms with Crippen molar-refractivity contribution in [2.24, 2.45) is 0 Å². The van der Waals surface area contributed by atoms with E-state index in [1.54, 1.807) is 0 Å². The van der Waals surface area contributed by atoms with Crippen LogP contribution in [0, 0.1) is 0 Å². The molecular formula is C12H14F3NO. The van der Waals surface area contributed by atoms with Gasteiger partial charge in [-0.2, -0.15) is 13.2 Å². The van der Waals surface area contributed by atoms with Gasteiger partial charge in [-0.3, -0.25) is 9.78 Å². The third-order valence-electron chi connectivity index (χ3n) is 2.38. The Balaban J connectivity index is 2.64. The molecule has 0 unspecified atom stereocenters. The minimum Gasteiger partial charge on any atom is -0.292 e. The number of aromatic nitrogens is 1. The minimum absolute atomic E-state index is 0.106. The number of Topliss-reactive ketones (excluding diaryl/α,β-unsaturated/α-hetero) is 1. The van der Waals surface area contributed by atoms with Gasteiger partial charge < -0.3 is 0 Å². The lowest BCUT2D eigenvalue weighted by molar-refractivity contribution is -0.137. The van der Waals surface area contributed by atoms with Gasteiger partial charge in [0.2, 0.25) is 0 Å². The number of hydrogen-bond donors (Lipinski definition) is 0. The van der Waals surface area contributed by atoms with Crippen LogP contribution in [-0.2, 0) is 6.18 Å². The van der Waals surface area contributed by atoms with Crippen LogP contribution in [0.15, 0.2) is 18.3 Å². The summed E-state index contributed by atoms with van der Waals surface area (Å²) in [5.74, 6) is -0.202. The van der Waals surface area contributed by atoms with Crippen LogP contribution in [0.5, 0.6) is 0 Å². The standard InChI is InChI=1S/C12H14F3NO/c1-2-3-4-5-11(17)10-7-6-9(8-16-10)12(13,14)15/h6-8H,2-5H2,1H3. The van der Waals surface area contributed by atoms with Crippen LogP contribution < -0.4 is 0 Å². The Morgan fingerprint density at radius 2 is 2.00 bits per heavy atom. The van der Waals surface area contributed by atoms with Gasteiger partial charge in [0.05, 0.1) is 5.56 Å². The molecule has 1 heterocycles. The topological polar surface area (TPSA) is 30.0 Å². The molecule has 0 spiro atoms. The number of nitrogens with zero attached hydrogens (tertiary/aromatic N) is 1. The molecule has 17 heavy (non-hydrogen) atoms. The monoisotopic (exact) mass is 245 g/mol. The molecule has 0 aliphatic carbocycles. The molecule has 0 aliphatic heterocycles. The van der Waals surface area contributed by atoms with Crippen molar-refractivity contribution in [3.63, 3.8) is 0 Å². The quantitative estimate of drug-likeness (QED) is 0.582. The van der Waals surface area contributed by atoms with E-state index in [1.807, 2.05) is 6.92 Å². The predicted octanol–water partition coefficient (Wildman–Crippen LogP) is 3.86. The largest absolute Gasteiger partial charge is 0.417 e. The normalized spacial score (nSPS) is 11.5. The van der Waals surface area contributed by atoms with Crippen molar-refractivity contribution in [1.82, 2.24) is 4.98 Å². The van der Waals surface area contributed by atoms with Gasteiger partial charge in [-0.05, 0) is 18.6 Å². The highest BCUT2D eigenvalue weighted by molar-refractivity contribution is 5.94. The van der Waals surface area contributed by atoms with E-state index in [0.717, 1.165) is 31.4 Å². The third kappa shape index (κ3) is 4.17. The average molecular weight is 245 g/mol. The molecule has 0 fully saturated rings. The number of halogens is 3. The molecule has 0 aliphatic rings. The van der Waals surface area contributed by atoms with E-state index in [1.165, 1.54) is 0 Å². The Hall–Kier alpha value is -1.39. The van der Waals surface area contributed by atoms with Crippen LogP contribution >= 0.6 is 0 Å². The number of hydrogen-bond acceptors (Lipinski definition) is 2. The van der Waals surface area contributed by atoms with E-state index in [-0.39, 0.29) is 11.5 Å². The van der Waals surface area contributed by atoms with E-state index < -0.39 is 11.7 Å². The zero-order valence-corrected chi connectivity index (χ0v) is 9.55. The van der Waals surface area contributed by atoms with Gasteiger partial charge >= 0.3 is 6.18 Å². The lowest BCUT2D eigenvalue weighted by atomic mass is 10.1. The predicted molar refractivity (Wildman–Crippen MR) is 57.7 cm³/mol. The fraction of sp³-hybridized carbons (Fsp3) is 0.500. The number of alkyl halides is 3. The number of carbonyl (C=O) groups is 1. The molecule has 0 amide bonds. The highest BCUT2D eigenvalue weighted by Crippen LogP contribution is 2.28. The van der Waals surface area contributed by atoms with Crippen LogP contribution in [0.2, 0.25) is 0 Å². The maximum Gasteiger partial charge on any atom is 0.417 e. The van der Waals surface area contributed by atoms with E-state index in [4.69, 9.17) is 0 Å². The fourth-order valence-electron chi connectivity index (χ4n) is 1.39. The fourth-order valence-corrected chi connectivity index (χ4v) is 1.39. The lowest BCUT2D eigenvalue weighted by Gasteiger charge is -2.06. The van der Waals surface area contributed by atoms with Crippen LogP contribution in [0.3, 0.4) is 0 Å². The Morgan fingerprint density at radius 3 is 2.47 bits per heavy atom.